The van der Waals surface area contributed by atoms with Gasteiger partial charge in [0.25, 0.3) is 0 Å². The topological polar surface area (TPSA) is 43.6 Å². The summed E-state index contributed by atoms with van der Waals surface area (Å²) in [5, 5.41) is 11.3. The normalized spacial score (nSPS) is 13.8. The molecular weight excluding hydrogens is 176 g/mol. The molecule has 0 spiro atoms. The molecule has 0 N–H and O–H groups in total. The molecule has 5 heteroatoms. The summed E-state index contributed by atoms with van der Waals surface area (Å²) < 4.78 is 1.78. The van der Waals surface area contributed by atoms with E-state index in [0.29, 0.717) is 17.8 Å². The second kappa shape index (κ2) is 3.85. The van der Waals surface area contributed by atoms with Crippen LogP contribution in [0.15, 0.2) is 0 Å². The predicted octanol–water partition coefficient (Wildman–Crippen LogP) is 1.63. The number of aromatic nitrogens is 4. The molecule has 1 rings (SSSR count). The fourth-order valence-corrected chi connectivity index (χ4v) is 1.07. The highest BCUT2D eigenvalue weighted by atomic mass is 35.5. The molecule has 1 aromatic rings. The van der Waals surface area contributed by atoms with Gasteiger partial charge in [0.2, 0.25) is 0 Å². The summed E-state index contributed by atoms with van der Waals surface area (Å²) in [4.78, 5) is 0. The summed E-state index contributed by atoms with van der Waals surface area (Å²) in [7, 11) is 0. The zero-order valence-corrected chi connectivity index (χ0v) is 8.28. The highest BCUT2D eigenvalue weighted by molar-refractivity contribution is 6.16. The van der Waals surface area contributed by atoms with Crippen LogP contribution in [0.1, 0.15) is 32.6 Å². The maximum absolute atomic E-state index is 5.66. The van der Waals surface area contributed by atoms with Gasteiger partial charge in [-0.05, 0) is 23.3 Å². The van der Waals surface area contributed by atoms with Gasteiger partial charge >= 0.3 is 0 Å². The van der Waals surface area contributed by atoms with E-state index in [9.17, 15) is 0 Å². The first-order valence-corrected chi connectivity index (χ1v) is 4.53. The fourth-order valence-electron chi connectivity index (χ4n) is 0.899. The molecular formula is C7H13ClN4. The fraction of sp³-hybridized carbons (Fsp3) is 0.857. The minimum atomic E-state index is 0.300. The van der Waals surface area contributed by atoms with Crippen LogP contribution in [-0.2, 0) is 5.88 Å². The van der Waals surface area contributed by atoms with E-state index in [0.717, 1.165) is 5.82 Å². The van der Waals surface area contributed by atoms with Gasteiger partial charge in [0.15, 0.2) is 5.82 Å². The molecule has 0 aliphatic rings. The molecule has 0 radical (unpaired) electrons. The van der Waals surface area contributed by atoms with Crippen molar-refractivity contribution in [3.05, 3.63) is 5.82 Å². The monoisotopic (exact) mass is 188 g/mol. The Hall–Kier alpha value is -0.640. The third-order valence-electron chi connectivity index (χ3n) is 2.03. The number of tetrazole rings is 1. The summed E-state index contributed by atoms with van der Waals surface area (Å²) in [6.07, 6.45) is 0. The maximum Gasteiger partial charge on any atom is 0.166 e. The van der Waals surface area contributed by atoms with Gasteiger partial charge in [-0.1, -0.05) is 13.8 Å². The minimum absolute atomic E-state index is 0.300. The van der Waals surface area contributed by atoms with E-state index in [2.05, 4.69) is 36.3 Å². The van der Waals surface area contributed by atoms with Gasteiger partial charge in [0, 0.05) is 0 Å². The van der Waals surface area contributed by atoms with Crippen LogP contribution in [0.5, 0.6) is 0 Å². The van der Waals surface area contributed by atoms with Gasteiger partial charge in [0.1, 0.15) is 0 Å². The lowest BCUT2D eigenvalue weighted by Crippen LogP contribution is -2.15. The second-order valence-corrected chi connectivity index (χ2v) is 3.43. The van der Waals surface area contributed by atoms with Crippen LogP contribution in [0, 0.1) is 5.92 Å². The van der Waals surface area contributed by atoms with Gasteiger partial charge in [-0.25, -0.2) is 4.68 Å². The van der Waals surface area contributed by atoms with Crippen molar-refractivity contribution in [3.63, 3.8) is 0 Å². The Kier molecular flexibility index (Phi) is 3.03. The third-order valence-corrected chi connectivity index (χ3v) is 2.27. The number of halogens is 1. The molecule has 68 valence electrons. The molecule has 1 heterocycles. The molecule has 1 atom stereocenters. The number of hydrogen-bond acceptors (Lipinski definition) is 3. The molecule has 0 bridgehead atoms. The minimum Gasteiger partial charge on any atom is -0.225 e. The highest BCUT2D eigenvalue weighted by Crippen LogP contribution is 2.16. The van der Waals surface area contributed by atoms with E-state index < -0.39 is 0 Å². The van der Waals surface area contributed by atoms with Crippen LogP contribution < -0.4 is 0 Å². The molecule has 0 saturated heterocycles. The Morgan fingerprint density at radius 3 is 2.58 bits per heavy atom. The van der Waals surface area contributed by atoms with E-state index in [1.807, 2.05) is 0 Å². The Morgan fingerprint density at radius 2 is 2.08 bits per heavy atom. The number of nitrogens with zero attached hydrogens (tertiary/aromatic N) is 4. The molecule has 0 aromatic carbocycles. The van der Waals surface area contributed by atoms with Crippen LogP contribution >= 0.6 is 11.6 Å². The largest absolute Gasteiger partial charge is 0.225 e. The SMILES string of the molecule is CC(C)C(C)n1nnnc1CCl. The summed E-state index contributed by atoms with van der Waals surface area (Å²) in [6, 6.07) is 0.300. The van der Waals surface area contributed by atoms with Gasteiger partial charge in [0.05, 0.1) is 11.9 Å². The first-order chi connectivity index (χ1) is 5.66. The number of alkyl halides is 1. The van der Waals surface area contributed by atoms with Crippen LogP contribution in [0.3, 0.4) is 0 Å². The Morgan fingerprint density at radius 1 is 1.42 bits per heavy atom. The lowest BCUT2D eigenvalue weighted by atomic mass is 10.1. The van der Waals surface area contributed by atoms with Crippen molar-refractivity contribution >= 4 is 11.6 Å². The summed E-state index contributed by atoms with van der Waals surface area (Å²) >= 11 is 5.66. The highest BCUT2D eigenvalue weighted by Gasteiger charge is 2.14. The lowest BCUT2D eigenvalue weighted by Gasteiger charge is -2.15. The van der Waals surface area contributed by atoms with Crippen LogP contribution in [0.2, 0.25) is 0 Å². The van der Waals surface area contributed by atoms with E-state index in [1.54, 1.807) is 4.68 Å². The molecule has 4 nitrogen and oxygen atoms in total. The molecule has 1 aromatic heterocycles. The molecule has 12 heavy (non-hydrogen) atoms. The first kappa shape index (κ1) is 9.45. The maximum atomic E-state index is 5.66. The van der Waals surface area contributed by atoms with E-state index in [-0.39, 0.29) is 0 Å². The van der Waals surface area contributed by atoms with Gasteiger partial charge < -0.3 is 0 Å². The standard InChI is InChI=1S/C7H13ClN4/c1-5(2)6(3)12-7(4-8)9-10-11-12/h5-6H,4H2,1-3H3. The van der Waals surface area contributed by atoms with Gasteiger partial charge in [-0.15, -0.1) is 16.7 Å². The van der Waals surface area contributed by atoms with Crippen LogP contribution in [0.4, 0.5) is 0 Å². The van der Waals surface area contributed by atoms with Crippen molar-refractivity contribution in [3.8, 4) is 0 Å². The second-order valence-electron chi connectivity index (χ2n) is 3.16. The summed E-state index contributed by atoms with van der Waals surface area (Å²) in [5.74, 6) is 1.61. The van der Waals surface area contributed by atoms with Crippen molar-refractivity contribution < 1.29 is 0 Å². The Bertz CT molecular complexity index is 245. The molecule has 0 amide bonds. The van der Waals surface area contributed by atoms with Crippen LogP contribution in [0.25, 0.3) is 0 Å². The molecule has 0 aliphatic heterocycles. The zero-order valence-electron chi connectivity index (χ0n) is 7.53. The number of hydrogen-bond donors (Lipinski definition) is 0. The summed E-state index contributed by atoms with van der Waals surface area (Å²) in [5.41, 5.74) is 0. The van der Waals surface area contributed by atoms with Crippen molar-refractivity contribution in [2.24, 2.45) is 5.92 Å². The third kappa shape index (κ3) is 1.75. The number of rotatable bonds is 3. The lowest BCUT2D eigenvalue weighted by molar-refractivity contribution is 0.361. The van der Waals surface area contributed by atoms with E-state index in [1.165, 1.54) is 0 Å². The van der Waals surface area contributed by atoms with Crippen molar-refractivity contribution in [2.45, 2.75) is 32.7 Å². The summed E-state index contributed by atoms with van der Waals surface area (Å²) in [6.45, 7) is 6.34. The predicted molar refractivity (Wildman–Crippen MR) is 46.9 cm³/mol. The van der Waals surface area contributed by atoms with E-state index in [4.69, 9.17) is 11.6 Å². The quantitative estimate of drug-likeness (QED) is 0.678. The molecule has 0 fully saturated rings. The van der Waals surface area contributed by atoms with Crippen molar-refractivity contribution in [1.82, 2.24) is 20.2 Å². The van der Waals surface area contributed by atoms with Gasteiger partial charge in [-0.3, -0.25) is 0 Å². The Labute approximate surface area is 76.9 Å². The molecule has 0 aliphatic carbocycles. The van der Waals surface area contributed by atoms with Crippen molar-refractivity contribution in [1.29, 1.82) is 0 Å². The first-order valence-electron chi connectivity index (χ1n) is 3.99. The molecule has 1 unspecified atom stereocenters. The van der Waals surface area contributed by atoms with Crippen LogP contribution in [-0.4, -0.2) is 20.2 Å². The van der Waals surface area contributed by atoms with Gasteiger partial charge in [-0.2, -0.15) is 0 Å². The average Bonchev–Trinajstić information content (AvgIpc) is 2.49. The Balaban J connectivity index is 2.86. The molecule has 0 saturated carbocycles. The zero-order chi connectivity index (χ0) is 9.14. The van der Waals surface area contributed by atoms with Crippen molar-refractivity contribution in [2.75, 3.05) is 0 Å². The van der Waals surface area contributed by atoms with E-state index >= 15 is 0 Å². The average molecular weight is 189 g/mol. The smallest absolute Gasteiger partial charge is 0.166 e.